The summed E-state index contributed by atoms with van der Waals surface area (Å²) in [5.74, 6) is -0.497. The van der Waals surface area contributed by atoms with Crippen LogP contribution in [0, 0.1) is 5.82 Å². The lowest BCUT2D eigenvalue weighted by Gasteiger charge is -2.16. The van der Waals surface area contributed by atoms with Crippen LogP contribution in [0.2, 0.25) is 10.0 Å². The molecule has 18 heavy (non-hydrogen) atoms. The lowest BCUT2D eigenvalue weighted by Crippen LogP contribution is -2.18. The van der Waals surface area contributed by atoms with Crippen molar-refractivity contribution in [2.24, 2.45) is 5.73 Å². The van der Waals surface area contributed by atoms with Gasteiger partial charge in [0, 0.05) is 6.54 Å². The molecule has 6 heteroatoms. The summed E-state index contributed by atoms with van der Waals surface area (Å²) in [6, 6.07) is 3.93. The van der Waals surface area contributed by atoms with E-state index in [1.165, 1.54) is 12.3 Å². The fraction of sp³-hybridized carbons (Fsp3) is 0.250. The van der Waals surface area contributed by atoms with E-state index < -0.39 is 11.9 Å². The number of nitrogens with two attached hydrogens (primary N) is 1. The number of nitrogens with zero attached hydrogens (tertiary/aromatic N) is 2. The van der Waals surface area contributed by atoms with Crippen LogP contribution in [-0.4, -0.2) is 9.78 Å². The van der Waals surface area contributed by atoms with Gasteiger partial charge in [-0.3, -0.25) is 4.68 Å². The SMILES string of the molecule is CCn1ncc(Cl)c1C(N)c1cccc(F)c1Cl. The van der Waals surface area contributed by atoms with Gasteiger partial charge in [0.25, 0.3) is 0 Å². The topological polar surface area (TPSA) is 43.8 Å². The van der Waals surface area contributed by atoms with Crippen molar-refractivity contribution in [3.05, 3.63) is 51.5 Å². The van der Waals surface area contributed by atoms with Crippen molar-refractivity contribution in [1.29, 1.82) is 0 Å². The average molecular weight is 288 g/mol. The maximum atomic E-state index is 13.4. The van der Waals surface area contributed by atoms with Crippen LogP contribution in [-0.2, 0) is 6.54 Å². The normalized spacial score (nSPS) is 12.7. The number of aryl methyl sites for hydroxylation is 1. The molecule has 0 spiro atoms. The van der Waals surface area contributed by atoms with Crippen LogP contribution in [0.25, 0.3) is 0 Å². The highest BCUT2D eigenvalue weighted by molar-refractivity contribution is 6.32. The highest BCUT2D eigenvalue weighted by Crippen LogP contribution is 2.31. The Balaban J connectivity index is 2.51. The minimum Gasteiger partial charge on any atom is -0.319 e. The predicted molar refractivity (Wildman–Crippen MR) is 70.4 cm³/mol. The van der Waals surface area contributed by atoms with Crippen molar-refractivity contribution in [2.75, 3.05) is 0 Å². The molecule has 0 saturated heterocycles. The molecule has 1 atom stereocenters. The Morgan fingerprint density at radius 2 is 2.17 bits per heavy atom. The second kappa shape index (κ2) is 5.26. The van der Waals surface area contributed by atoms with Crippen LogP contribution in [0.1, 0.15) is 24.2 Å². The van der Waals surface area contributed by atoms with Crippen LogP contribution in [0.15, 0.2) is 24.4 Å². The van der Waals surface area contributed by atoms with E-state index in [2.05, 4.69) is 5.10 Å². The monoisotopic (exact) mass is 287 g/mol. The second-order valence-electron chi connectivity index (χ2n) is 3.81. The number of benzene rings is 1. The molecule has 2 aromatic rings. The Labute approximate surface area is 114 Å². The quantitative estimate of drug-likeness (QED) is 0.940. The molecule has 0 saturated carbocycles. The van der Waals surface area contributed by atoms with E-state index in [1.807, 2.05) is 6.92 Å². The van der Waals surface area contributed by atoms with Crippen LogP contribution >= 0.6 is 23.2 Å². The molecule has 0 amide bonds. The van der Waals surface area contributed by atoms with E-state index in [0.29, 0.717) is 22.8 Å². The summed E-state index contributed by atoms with van der Waals surface area (Å²) >= 11 is 12.0. The van der Waals surface area contributed by atoms with E-state index in [4.69, 9.17) is 28.9 Å². The van der Waals surface area contributed by atoms with Crippen molar-refractivity contribution in [2.45, 2.75) is 19.5 Å². The Bertz CT molecular complexity index is 568. The third-order valence-corrected chi connectivity index (χ3v) is 3.43. The van der Waals surface area contributed by atoms with Gasteiger partial charge in [0.15, 0.2) is 0 Å². The molecule has 0 aliphatic rings. The Morgan fingerprint density at radius 1 is 1.44 bits per heavy atom. The van der Waals surface area contributed by atoms with E-state index in [0.717, 1.165) is 0 Å². The first-order valence-corrected chi connectivity index (χ1v) is 6.22. The van der Waals surface area contributed by atoms with Crippen molar-refractivity contribution in [3.63, 3.8) is 0 Å². The molecule has 1 heterocycles. The Kier molecular flexibility index (Phi) is 3.90. The predicted octanol–water partition coefficient (Wildman–Crippen LogP) is 3.40. The maximum Gasteiger partial charge on any atom is 0.142 e. The molecule has 2 rings (SSSR count). The van der Waals surface area contributed by atoms with Crippen LogP contribution in [0.3, 0.4) is 0 Å². The molecule has 1 aromatic heterocycles. The van der Waals surface area contributed by atoms with Crippen molar-refractivity contribution >= 4 is 23.2 Å². The van der Waals surface area contributed by atoms with Crippen molar-refractivity contribution in [1.82, 2.24) is 9.78 Å². The molecule has 3 nitrogen and oxygen atoms in total. The highest BCUT2D eigenvalue weighted by Gasteiger charge is 2.21. The van der Waals surface area contributed by atoms with Gasteiger partial charge in [-0.1, -0.05) is 35.3 Å². The largest absolute Gasteiger partial charge is 0.319 e. The Hall–Kier alpha value is -1.10. The first-order valence-electron chi connectivity index (χ1n) is 5.47. The molecule has 2 N–H and O–H groups in total. The lowest BCUT2D eigenvalue weighted by atomic mass is 10.0. The third kappa shape index (κ3) is 2.23. The lowest BCUT2D eigenvalue weighted by molar-refractivity contribution is 0.595. The minimum atomic E-state index is -0.608. The summed E-state index contributed by atoms with van der Waals surface area (Å²) in [6.07, 6.45) is 1.52. The fourth-order valence-corrected chi connectivity index (χ4v) is 2.34. The summed E-state index contributed by atoms with van der Waals surface area (Å²) < 4.78 is 15.1. The summed E-state index contributed by atoms with van der Waals surface area (Å²) in [5, 5.41) is 4.57. The Morgan fingerprint density at radius 3 is 2.83 bits per heavy atom. The van der Waals surface area contributed by atoms with E-state index in [-0.39, 0.29) is 5.02 Å². The smallest absolute Gasteiger partial charge is 0.142 e. The number of rotatable bonds is 3. The van der Waals surface area contributed by atoms with E-state index in [1.54, 1.807) is 16.8 Å². The van der Waals surface area contributed by atoms with Crippen LogP contribution in [0.4, 0.5) is 4.39 Å². The van der Waals surface area contributed by atoms with Gasteiger partial charge in [-0.25, -0.2) is 4.39 Å². The molecule has 0 bridgehead atoms. The summed E-state index contributed by atoms with van der Waals surface area (Å²) in [5.41, 5.74) is 7.24. The van der Waals surface area contributed by atoms with Gasteiger partial charge < -0.3 is 5.73 Å². The zero-order valence-electron chi connectivity index (χ0n) is 9.70. The number of aromatic nitrogens is 2. The molecular weight excluding hydrogens is 276 g/mol. The first kappa shape index (κ1) is 13.3. The van der Waals surface area contributed by atoms with Gasteiger partial charge in [-0.2, -0.15) is 5.10 Å². The van der Waals surface area contributed by atoms with Gasteiger partial charge in [0.1, 0.15) is 5.82 Å². The summed E-state index contributed by atoms with van der Waals surface area (Å²) in [7, 11) is 0. The minimum absolute atomic E-state index is 0.0184. The number of halogens is 3. The van der Waals surface area contributed by atoms with Gasteiger partial charge in [0.05, 0.1) is 28.0 Å². The molecule has 0 aliphatic carbocycles. The third-order valence-electron chi connectivity index (χ3n) is 2.74. The first-order chi connectivity index (χ1) is 8.56. The molecular formula is C12H12Cl2FN3. The average Bonchev–Trinajstić information content (AvgIpc) is 2.73. The van der Waals surface area contributed by atoms with Crippen LogP contribution < -0.4 is 5.73 Å². The van der Waals surface area contributed by atoms with Crippen molar-refractivity contribution in [3.8, 4) is 0 Å². The van der Waals surface area contributed by atoms with Gasteiger partial charge in [-0.15, -0.1) is 0 Å². The second-order valence-corrected chi connectivity index (χ2v) is 4.60. The molecule has 0 aliphatic heterocycles. The standard InChI is InChI=1S/C12H12Cl2FN3/c1-2-18-12(8(13)6-17-18)11(16)7-4-3-5-9(15)10(7)14/h3-6,11H,2,16H2,1H3. The fourth-order valence-electron chi connectivity index (χ4n) is 1.84. The zero-order valence-corrected chi connectivity index (χ0v) is 11.2. The summed E-state index contributed by atoms with van der Waals surface area (Å²) in [4.78, 5) is 0. The van der Waals surface area contributed by atoms with E-state index in [9.17, 15) is 4.39 Å². The molecule has 1 aromatic carbocycles. The number of hydrogen-bond donors (Lipinski definition) is 1. The van der Waals surface area contributed by atoms with Crippen LogP contribution in [0.5, 0.6) is 0 Å². The molecule has 0 fully saturated rings. The van der Waals surface area contributed by atoms with Crippen molar-refractivity contribution < 1.29 is 4.39 Å². The molecule has 0 radical (unpaired) electrons. The number of hydrogen-bond acceptors (Lipinski definition) is 2. The molecule has 1 unspecified atom stereocenters. The van der Waals surface area contributed by atoms with E-state index >= 15 is 0 Å². The summed E-state index contributed by atoms with van der Waals surface area (Å²) in [6.45, 7) is 2.55. The maximum absolute atomic E-state index is 13.4. The molecule has 96 valence electrons. The van der Waals surface area contributed by atoms with Gasteiger partial charge >= 0.3 is 0 Å². The zero-order chi connectivity index (χ0) is 13.3. The van der Waals surface area contributed by atoms with Gasteiger partial charge in [-0.05, 0) is 18.6 Å². The highest BCUT2D eigenvalue weighted by atomic mass is 35.5. The van der Waals surface area contributed by atoms with Gasteiger partial charge in [0.2, 0.25) is 0 Å².